The van der Waals surface area contributed by atoms with Gasteiger partial charge in [0.05, 0.1) is 5.51 Å². The molecule has 0 radical (unpaired) electrons. The first-order valence-corrected chi connectivity index (χ1v) is 6.83. The van der Waals surface area contributed by atoms with Crippen molar-refractivity contribution < 1.29 is 4.79 Å². The standard InChI is InChI=1S/C14H16N2OS/c1-9(2)11-6-4-5-10(3)13(11)16-14(17)12-7-18-8-15-12/h4-9H,1-3H3,(H,16,17). The lowest BCUT2D eigenvalue weighted by molar-refractivity contribution is 0.102. The molecule has 0 bridgehead atoms. The van der Waals surface area contributed by atoms with E-state index in [0.29, 0.717) is 11.6 Å². The molecule has 2 rings (SSSR count). The second-order valence-electron chi connectivity index (χ2n) is 4.52. The Labute approximate surface area is 111 Å². The molecule has 1 amide bonds. The van der Waals surface area contributed by atoms with Gasteiger partial charge in [0.1, 0.15) is 5.69 Å². The van der Waals surface area contributed by atoms with E-state index in [9.17, 15) is 4.79 Å². The lowest BCUT2D eigenvalue weighted by atomic mass is 9.98. The molecule has 3 nitrogen and oxygen atoms in total. The van der Waals surface area contributed by atoms with E-state index in [1.165, 1.54) is 11.3 Å². The Morgan fingerprint density at radius 1 is 1.39 bits per heavy atom. The number of rotatable bonds is 3. The minimum absolute atomic E-state index is 0.146. The van der Waals surface area contributed by atoms with Gasteiger partial charge >= 0.3 is 0 Å². The minimum atomic E-state index is -0.146. The van der Waals surface area contributed by atoms with Gasteiger partial charge in [0.15, 0.2) is 0 Å². The number of carbonyl (C=O) groups is 1. The van der Waals surface area contributed by atoms with Crippen molar-refractivity contribution in [1.29, 1.82) is 0 Å². The molecule has 0 saturated carbocycles. The van der Waals surface area contributed by atoms with Gasteiger partial charge in [0.25, 0.3) is 5.91 Å². The molecule has 4 heteroatoms. The third-order valence-electron chi connectivity index (χ3n) is 2.83. The fourth-order valence-electron chi connectivity index (χ4n) is 1.84. The molecular weight excluding hydrogens is 244 g/mol. The first kappa shape index (κ1) is 12.8. The highest BCUT2D eigenvalue weighted by Crippen LogP contribution is 2.27. The third kappa shape index (κ3) is 2.59. The zero-order valence-electron chi connectivity index (χ0n) is 10.7. The molecule has 0 saturated heterocycles. The SMILES string of the molecule is Cc1cccc(C(C)C)c1NC(=O)c1cscn1. The van der Waals surface area contributed by atoms with Gasteiger partial charge < -0.3 is 5.32 Å². The van der Waals surface area contributed by atoms with Crippen molar-refractivity contribution in [3.63, 3.8) is 0 Å². The van der Waals surface area contributed by atoms with Gasteiger partial charge in [0.2, 0.25) is 0 Å². The second-order valence-corrected chi connectivity index (χ2v) is 5.24. The molecular formula is C14H16N2OS. The van der Waals surface area contributed by atoms with Crippen LogP contribution in [0.5, 0.6) is 0 Å². The van der Waals surface area contributed by atoms with Crippen LogP contribution in [0.4, 0.5) is 5.69 Å². The Kier molecular flexibility index (Phi) is 3.77. The van der Waals surface area contributed by atoms with E-state index in [1.807, 2.05) is 25.1 Å². The number of hydrogen-bond donors (Lipinski definition) is 1. The summed E-state index contributed by atoms with van der Waals surface area (Å²) in [5.41, 5.74) is 5.27. The molecule has 1 aromatic heterocycles. The summed E-state index contributed by atoms with van der Waals surface area (Å²) in [6.07, 6.45) is 0. The maximum atomic E-state index is 12.0. The zero-order valence-corrected chi connectivity index (χ0v) is 11.5. The molecule has 18 heavy (non-hydrogen) atoms. The average molecular weight is 260 g/mol. The van der Waals surface area contributed by atoms with Gasteiger partial charge in [-0.2, -0.15) is 0 Å². The van der Waals surface area contributed by atoms with Crippen LogP contribution >= 0.6 is 11.3 Å². The molecule has 0 aliphatic carbocycles. The molecule has 0 aliphatic rings. The lowest BCUT2D eigenvalue weighted by Crippen LogP contribution is -2.15. The van der Waals surface area contributed by atoms with Crippen LogP contribution in [0.3, 0.4) is 0 Å². The second kappa shape index (κ2) is 5.31. The van der Waals surface area contributed by atoms with Crippen LogP contribution in [0.25, 0.3) is 0 Å². The number of aryl methyl sites for hydroxylation is 1. The molecule has 1 N–H and O–H groups in total. The smallest absolute Gasteiger partial charge is 0.275 e. The van der Waals surface area contributed by atoms with Crippen molar-refractivity contribution >= 4 is 22.9 Å². The predicted octanol–water partition coefficient (Wildman–Crippen LogP) is 3.83. The monoisotopic (exact) mass is 260 g/mol. The Balaban J connectivity index is 2.31. The van der Waals surface area contributed by atoms with Crippen LogP contribution < -0.4 is 5.32 Å². The van der Waals surface area contributed by atoms with Crippen LogP contribution in [0.1, 0.15) is 41.4 Å². The van der Waals surface area contributed by atoms with Gasteiger partial charge in [0, 0.05) is 11.1 Å². The zero-order chi connectivity index (χ0) is 13.1. The fraction of sp³-hybridized carbons (Fsp3) is 0.286. The molecule has 94 valence electrons. The van der Waals surface area contributed by atoms with E-state index >= 15 is 0 Å². The van der Waals surface area contributed by atoms with E-state index < -0.39 is 0 Å². The van der Waals surface area contributed by atoms with Crippen LogP contribution in [0, 0.1) is 6.92 Å². The van der Waals surface area contributed by atoms with Crippen molar-refractivity contribution in [2.24, 2.45) is 0 Å². The van der Waals surface area contributed by atoms with Gasteiger partial charge in [-0.15, -0.1) is 11.3 Å². The molecule has 0 spiro atoms. The Bertz CT molecular complexity index is 547. The Morgan fingerprint density at radius 2 is 2.17 bits per heavy atom. The van der Waals surface area contributed by atoms with Crippen molar-refractivity contribution in [2.75, 3.05) is 5.32 Å². The van der Waals surface area contributed by atoms with Crippen LogP contribution in [0.15, 0.2) is 29.1 Å². The number of hydrogen-bond acceptors (Lipinski definition) is 3. The first-order valence-electron chi connectivity index (χ1n) is 5.88. The molecule has 0 fully saturated rings. The molecule has 0 unspecified atom stereocenters. The van der Waals surface area contributed by atoms with Crippen molar-refractivity contribution in [2.45, 2.75) is 26.7 Å². The first-order chi connectivity index (χ1) is 8.59. The number of nitrogens with one attached hydrogen (secondary N) is 1. The van der Waals surface area contributed by atoms with Crippen molar-refractivity contribution in [1.82, 2.24) is 4.98 Å². The summed E-state index contributed by atoms with van der Waals surface area (Å²) in [7, 11) is 0. The number of benzene rings is 1. The maximum absolute atomic E-state index is 12.0. The van der Waals surface area contributed by atoms with Crippen LogP contribution in [-0.2, 0) is 0 Å². The molecule has 1 heterocycles. The van der Waals surface area contributed by atoms with E-state index in [0.717, 1.165) is 16.8 Å². The Hall–Kier alpha value is -1.68. The largest absolute Gasteiger partial charge is 0.320 e. The molecule has 0 aliphatic heterocycles. The summed E-state index contributed by atoms with van der Waals surface area (Å²) in [5.74, 6) is 0.225. The van der Waals surface area contributed by atoms with E-state index in [2.05, 4.69) is 24.1 Å². The highest BCUT2D eigenvalue weighted by Gasteiger charge is 2.14. The number of thiazole rings is 1. The van der Waals surface area contributed by atoms with Crippen molar-refractivity contribution in [3.05, 3.63) is 45.9 Å². The molecule has 1 aromatic carbocycles. The van der Waals surface area contributed by atoms with Gasteiger partial charge in [-0.05, 0) is 24.0 Å². The number of amides is 1. The van der Waals surface area contributed by atoms with Crippen molar-refractivity contribution in [3.8, 4) is 0 Å². The molecule has 0 atom stereocenters. The van der Waals surface area contributed by atoms with Crippen LogP contribution in [0.2, 0.25) is 0 Å². The predicted molar refractivity (Wildman–Crippen MR) is 75.3 cm³/mol. The summed E-state index contributed by atoms with van der Waals surface area (Å²) in [6, 6.07) is 6.07. The minimum Gasteiger partial charge on any atom is -0.320 e. The topological polar surface area (TPSA) is 42.0 Å². The highest BCUT2D eigenvalue weighted by atomic mass is 32.1. The number of carbonyl (C=O) groups excluding carboxylic acids is 1. The number of nitrogens with zero attached hydrogens (tertiary/aromatic N) is 1. The van der Waals surface area contributed by atoms with Crippen LogP contribution in [-0.4, -0.2) is 10.9 Å². The quantitative estimate of drug-likeness (QED) is 0.911. The number of aromatic nitrogens is 1. The van der Waals surface area contributed by atoms with Gasteiger partial charge in [-0.25, -0.2) is 4.98 Å². The number of anilines is 1. The fourth-order valence-corrected chi connectivity index (χ4v) is 2.38. The summed E-state index contributed by atoms with van der Waals surface area (Å²) in [6.45, 7) is 6.24. The average Bonchev–Trinajstić information content (AvgIpc) is 2.85. The Morgan fingerprint density at radius 3 is 2.78 bits per heavy atom. The van der Waals surface area contributed by atoms with E-state index in [4.69, 9.17) is 0 Å². The third-order valence-corrected chi connectivity index (χ3v) is 3.42. The summed E-state index contributed by atoms with van der Waals surface area (Å²) >= 11 is 1.42. The highest BCUT2D eigenvalue weighted by molar-refractivity contribution is 7.07. The van der Waals surface area contributed by atoms with Gasteiger partial charge in [-0.1, -0.05) is 32.0 Å². The summed E-state index contributed by atoms with van der Waals surface area (Å²) in [4.78, 5) is 16.1. The lowest BCUT2D eigenvalue weighted by Gasteiger charge is -2.15. The van der Waals surface area contributed by atoms with Gasteiger partial charge in [-0.3, -0.25) is 4.79 Å². The van der Waals surface area contributed by atoms with E-state index in [-0.39, 0.29) is 5.91 Å². The number of para-hydroxylation sites is 1. The van der Waals surface area contributed by atoms with E-state index in [1.54, 1.807) is 10.9 Å². The maximum Gasteiger partial charge on any atom is 0.275 e. The summed E-state index contributed by atoms with van der Waals surface area (Å²) < 4.78 is 0. The normalized spacial score (nSPS) is 10.7. The summed E-state index contributed by atoms with van der Waals surface area (Å²) in [5, 5.41) is 4.72. The molecule has 2 aromatic rings.